The van der Waals surface area contributed by atoms with Crippen molar-refractivity contribution in [3.05, 3.63) is 73.8 Å². The van der Waals surface area contributed by atoms with Gasteiger partial charge in [-0.2, -0.15) is 0 Å². The lowest BCUT2D eigenvalue weighted by Crippen LogP contribution is -2.55. The number of fused-ring (bicyclic) bond motifs is 1. The average Bonchev–Trinajstić information content (AvgIpc) is 3.62. The molecule has 0 saturated carbocycles. The third kappa shape index (κ3) is 5.63. The lowest BCUT2D eigenvalue weighted by molar-refractivity contribution is -0.139. The highest BCUT2D eigenvalue weighted by molar-refractivity contribution is 8.02. The molecule has 3 amide bonds. The van der Waals surface area contributed by atoms with Crippen LogP contribution in [-0.4, -0.2) is 83.2 Å². The quantitative estimate of drug-likeness (QED) is 0.301. The number of thioether (sulfide) groups is 1. The van der Waals surface area contributed by atoms with Crippen LogP contribution in [0.3, 0.4) is 0 Å². The standard InChI is InChI=1S/C35H43N3O6S/c1-6-20-36(24-12-16-27(17-13-24)44-8-3)31(40)28-29-32(41)38(22-9-23-39)30(35(29)19-18-34(28,4)45-35)33(42)37(21-7-2)25-10-14-26(43-5)15-11-25/h6-7,10-17,28-30,39H,1-2,8-9,18-23H2,3-5H3/t28-,29-,30?,34+,35?/m0/s1. The Morgan fingerprint density at radius 1 is 1.00 bits per heavy atom. The number of anilines is 2. The summed E-state index contributed by atoms with van der Waals surface area (Å²) in [5.41, 5.74) is 1.36. The molecule has 0 aromatic heterocycles. The molecule has 3 heterocycles. The number of benzene rings is 2. The van der Waals surface area contributed by atoms with Crippen LogP contribution in [0.25, 0.3) is 0 Å². The molecule has 0 radical (unpaired) electrons. The van der Waals surface area contributed by atoms with E-state index in [1.807, 2.05) is 43.3 Å². The Balaban J connectivity index is 1.55. The molecule has 10 heteroatoms. The fourth-order valence-corrected chi connectivity index (χ4v) is 9.78. The molecule has 3 saturated heterocycles. The largest absolute Gasteiger partial charge is 0.497 e. The summed E-state index contributed by atoms with van der Waals surface area (Å²) < 4.78 is 9.60. The summed E-state index contributed by atoms with van der Waals surface area (Å²) in [7, 11) is 1.59. The maximum atomic E-state index is 14.7. The zero-order chi connectivity index (χ0) is 32.4. The van der Waals surface area contributed by atoms with E-state index in [1.165, 1.54) is 0 Å². The van der Waals surface area contributed by atoms with Gasteiger partial charge in [-0.1, -0.05) is 12.2 Å². The third-order valence-corrected chi connectivity index (χ3v) is 11.3. The topological polar surface area (TPSA) is 99.6 Å². The molecule has 3 aliphatic heterocycles. The van der Waals surface area contributed by atoms with Gasteiger partial charge in [0.2, 0.25) is 11.8 Å². The molecule has 5 atom stereocenters. The van der Waals surface area contributed by atoms with Gasteiger partial charge in [0.15, 0.2) is 0 Å². The molecule has 2 aromatic rings. The lowest BCUT2D eigenvalue weighted by atomic mass is 9.66. The minimum Gasteiger partial charge on any atom is -0.497 e. The van der Waals surface area contributed by atoms with Crippen LogP contribution < -0.4 is 19.3 Å². The lowest BCUT2D eigenvalue weighted by Gasteiger charge is -2.38. The van der Waals surface area contributed by atoms with Crippen molar-refractivity contribution in [1.82, 2.24) is 4.90 Å². The fourth-order valence-electron chi connectivity index (χ4n) is 7.43. The molecular weight excluding hydrogens is 590 g/mol. The number of aliphatic hydroxyl groups excluding tert-OH is 1. The molecule has 2 unspecified atom stereocenters. The number of methoxy groups -OCH3 is 1. The van der Waals surface area contributed by atoms with Gasteiger partial charge < -0.3 is 29.3 Å². The molecule has 3 fully saturated rings. The molecule has 3 aliphatic rings. The van der Waals surface area contributed by atoms with Crippen molar-refractivity contribution in [3.63, 3.8) is 0 Å². The minimum absolute atomic E-state index is 0.116. The van der Waals surface area contributed by atoms with E-state index >= 15 is 0 Å². The van der Waals surface area contributed by atoms with Crippen molar-refractivity contribution >= 4 is 40.9 Å². The average molecular weight is 634 g/mol. The van der Waals surface area contributed by atoms with Crippen LogP contribution in [0.4, 0.5) is 11.4 Å². The third-order valence-electron chi connectivity index (χ3n) is 9.33. The van der Waals surface area contributed by atoms with Gasteiger partial charge in [0.1, 0.15) is 17.5 Å². The molecule has 2 bridgehead atoms. The number of rotatable bonds is 14. The number of amides is 3. The molecule has 0 aliphatic carbocycles. The predicted octanol–water partition coefficient (Wildman–Crippen LogP) is 4.70. The van der Waals surface area contributed by atoms with E-state index in [4.69, 9.17) is 9.47 Å². The zero-order valence-corrected chi connectivity index (χ0v) is 27.1. The highest BCUT2D eigenvalue weighted by Crippen LogP contribution is 2.71. The second kappa shape index (κ2) is 13.3. The smallest absolute Gasteiger partial charge is 0.251 e. The summed E-state index contributed by atoms with van der Waals surface area (Å²) >= 11 is 1.63. The maximum Gasteiger partial charge on any atom is 0.251 e. The number of likely N-dealkylation sites (tertiary alicyclic amines) is 1. The number of carbonyl (C=O) groups is 3. The van der Waals surface area contributed by atoms with Crippen molar-refractivity contribution in [3.8, 4) is 11.5 Å². The first-order valence-electron chi connectivity index (χ1n) is 15.5. The maximum absolute atomic E-state index is 14.7. The molecule has 1 spiro atoms. The Hall–Kier alpha value is -3.76. The van der Waals surface area contributed by atoms with Gasteiger partial charge in [0, 0.05) is 42.4 Å². The molecule has 2 aromatic carbocycles. The minimum atomic E-state index is -0.799. The molecular formula is C35H43N3O6S. The van der Waals surface area contributed by atoms with Gasteiger partial charge in [-0.05, 0) is 81.6 Å². The molecule has 9 nitrogen and oxygen atoms in total. The van der Waals surface area contributed by atoms with Crippen LogP contribution in [0.1, 0.15) is 33.1 Å². The SMILES string of the molecule is C=CCN(C(=O)C1N(CCCO)C(=O)[C@@H]2[C@@H](C(=O)N(CC=C)c3ccc(OCC)cc3)[C@@]3(C)CCC12S3)c1ccc(OC)cc1. The molecule has 45 heavy (non-hydrogen) atoms. The summed E-state index contributed by atoms with van der Waals surface area (Å²) in [6.07, 6.45) is 5.02. The Labute approximate surface area is 269 Å². The summed E-state index contributed by atoms with van der Waals surface area (Å²) in [5.74, 6) is -0.511. The number of carbonyl (C=O) groups excluding carboxylic acids is 3. The molecule has 1 N–H and O–H groups in total. The molecule has 240 valence electrons. The first-order valence-corrected chi connectivity index (χ1v) is 16.3. The predicted molar refractivity (Wildman–Crippen MR) is 178 cm³/mol. The monoisotopic (exact) mass is 633 g/mol. The Bertz CT molecular complexity index is 1430. The Morgan fingerprint density at radius 2 is 1.58 bits per heavy atom. The van der Waals surface area contributed by atoms with Gasteiger partial charge in [0.25, 0.3) is 5.91 Å². The van der Waals surface area contributed by atoms with Gasteiger partial charge in [-0.15, -0.1) is 24.9 Å². The highest BCUT2D eigenvalue weighted by atomic mass is 32.2. The number of aliphatic hydroxyl groups is 1. The van der Waals surface area contributed by atoms with Crippen LogP contribution in [0.2, 0.25) is 0 Å². The molecule has 5 rings (SSSR count). The van der Waals surface area contributed by atoms with Crippen molar-refractivity contribution in [2.45, 2.75) is 48.6 Å². The van der Waals surface area contributed by atoms with Crippen LogP contribution >= 0.6 is 11.8 Å². The number of nitrogens with zero attached hydrogens (tertiary/aromatic N) is 3. The summed E-state index contributed by atoms with van der Waals surface area (Å²) in [4.78, 5) is 48.8. The second-order valence-electron chi connectivity index (χ2n) is 11.9. The van der Waals surface area contributed by atoms with E-state index in [2.05, 4.69) is 20.1 Å². The van der Waals surface area contributed by atoms with Crippen LogP contribution in [0.5, 0.6) is 11.5 Å². The number of hydrogen-bond acceptors (Lipinski definition) is 7. The summed E-state index contributed by atoms with van der Waals surface area (Å²) in [6.45, 7) is 12.9. The van der Waals surface area contributed by atoms with E-state index in [9.17, 15) is 19.5 Å². The van der Waals surface area contributed by atoms with Crippen LogP contribution in [0.15, 0.2) is 73.8 Å². The normalized spacial score (nSPS) is 26.4. The number of hydrogen-bond donors (Lipinski definition) is 1. The van der Waals surface area contributed by atoms with Gasteiger partial charge in [-0.25, -0.2) is 0 Å². The van der Waals surface area contributed by atoms with Crippen LogP contribution in [0, 0.1) is 11.8 Å². The Kier molecular flexibility index (Phi) is 9.65. The zero-order valence-electron chi connectivity index (χ0n) is 26.3. The van der Waals surface area contributed by atoms with Crippen LogP contribution in [-0.2, 0) is 14.4 Å². The van der Waals surface area contributed by atoms with Crippen molar-refractivity contribution < 1.29 is 29.0 Å². The highest BCUT2D eigenvalue weighted by Gasteiger charge is 2.77. The van der Waals surface area contributed by atoms with E-state index in [0.717, 1.165) is 0 Å². The van der Waals surface area contributed by atoms with Crippen molar-refractivity contribution in [1.29, 1.82) is 0 Å². The first-order chi connectivity index (χ1) is 21.7. The first kappa shape index (κ1) is 32.6. The van der Waals surface area contributed by atoms with Crippen molar-refractivity contribution in [2.75, 3.05) is 49.8 Å². The van der Waals surface area contributed by atoms with E-state index in [-0.39, 0.29) is 44.0 Å². The second-order valence-corrected chi connectivity index (χ2v) is 13.8. The van der Waals surface area contributed by atoms with Crippen molar-refractivity contribution in [2.24, 2.45) is 11.8 Å². The van der Waals surface area contributed by atoms with E-state index in [1.54, 1.807) is 57.9 Å². The summed E-state index contributed by atoms with van der Waals surface area (Å²) in [5, 5.41) is 9.74. The van der Waals surface area contributed by atoms with Gasteiger partial charge in [-0.3, -0.25) is 14.4 Å². The van der Waals surface area contributed by atoms with E-state index < -0.39 is 27.4 Å². The Morgan fingerprint density at radius 3 is 2.11 bits per heavy atom. The fraction of sp³-hybridized carbons (Fsp3) is 0.457. The number of ether oxygens (including phenoxy) is 2. The summed E-state index contributed by atoms with van der Waals surface area (Å²) in [6, 6.07) is 13.8. The van der Waals surface area contributed by atoms with E-state index in [0.29, 0.717) is 48.7 Å². The van der Waals surface area contributed by atoms with Gasteiger partial charge in [0.05, 0.1) is 30.3 Å². The van der Waals surface area contributed by atoms with Gasteiger partial charge >= 0.3 is 0 Å².